The van der Waals surface area contributed by atoms with Crippen molar-refractivity contribution in [2.75, 3.05) is 19.6 Å². The van der Waals surface area contributed by atoms with Crippen LogP contribution in [-0.2, 0) is 10.0 Å². The third kappa shape index (κ3) is 4.26. The van der Waals surface area contributed by atoms with Gasteiger partial charge in [0.05, 0.1) is 5.25 Å². The molecule has 0 aromatic rings. The Morgan fingerprint density at radius 1 is 1.31 bits per heavy atom. The average molecular weight is 262 g/mol. The summed E-state index contributed by atoms with van der Waals surface area (Å²) in [6.07, 6.45) is -4.33. The number of hydrogen-bond acceptors (Lipinski definition) is 3. The van der Waals surface area contributed by atoms with Crippen molar-refractivity contribution in [2.45, 2.75) is 31.7 Å². The predicted octanol–water partition coefficient (Wildman–Crippen LogP) is 0.938. The Kier molecular flexibility index (Phi) is 5.71. The van der Waals surface area contributed by atoms with Crippen molar-refractivity contribution in [3.8, 4) is 0 Å². The topological polar surface area (TPSA) is 63.4 Å². The average Bonchev–Trinajstić information content (AvgIpc) is 2.14. The molecule has 0 aliphatic heterocycles. The summed E-state index contributed by atoms with van der Waals surface area (Å²) < 4.78 is 60.4. The zero-order valence-corrected chi connectivity index (χ0v) is 10.1. The van der Waals surface area contributed by atoms with E-state index in [1.54, 1.807) is 6.92 Å². The second kappa shape index (κ2) is 5.83. The molecule has 0 spiro atoms. The maximum atomic E-state index is 12.2. The lowest BCUT2D eigenvalue weighted by molar-refractivity contribution is -0.135. The highest BCUT2D eigenvalue weighted by molar-refractivity contribution is 7.89. The lowest BCUT2D eigenvalue weighted by Gasteiger charge is -2.25. The largest absolute Gasteiger partial charge is 0.402 e. The molecule has 0 bridgehead atoms. The van der Waals surface area contributed by atoms with Crippen LogP contribution in [0.4, 0.5) is 13.2 Å². The van der Waals surface area contributed by atoms with Gasteiger partial charge in [0, 0.05) is 13.1 Å². The van der Waals surface area contributed by atoms with Crippen LogP contribution in [-0.4, -0.2) is 43.8 Å². The van der Waals surface area contributed by atoms with E-state index in [0.29, 0.717) is 4.31 Å². The number of hydrogen-bond donors (Lipinski definition) is 1. The fourth-order valence-corrected chi connectivity index (χ4v) is 3.06. The lowest BCUT2D eigenvalue weighted by Crippen LogP contribution is -2.45. The molecule has 0 aliphatic carbocycles. The molecule has 0 heterocycles. The standard InChI is InChI=1S/C8H17F3N2O2S/c1-3-7(5-12)16(14,15)13(4-2)6-8(9,10)11/h7H,3-6,12H2,1-2H3. The first-order valence-corrected chi connectivity index (χ1v) is 6.45. The number of rotatable bonds is 6. The number of sulfonamides is 1. The van der Waals surface area contributed by atoms with Crippen LogP contribution < -0.4 is 5.73 Å². The monoisotopic (exact) mass is 262 g/mol. The summed E-state index contributed by atoms with van der Waals surface area (Å²) in [5.74, 6) is 0. The summed E-state index contributed by atoms with van der Waals surface area (Å²) in [6, 6.07) is 0. The molecule has 98 valence electrons. The second-order valence-corrected chi connectivity index (χ2v) is 5.57. The minimum absolute atomic E-state index is 0.173. The van der Waals surface area contributed by atoms with E-state index >= 15 is 0 Å². The molecule has 2 N–H and O–H groups in total. The quantitative estimate of drug-likeness (QED) is 0.774. The van der Waals surface area contributed by atoms with Crippen LogP contribution in [0.3, 0.4) is 0 Å². The highest BCUT2D eigenvalue weighted by atomic mass is 32.2. The van der Waals surface area contributed by atoms with Crippen LogP contribution in [0, 0.1) is 0 Å². The van der Waals surface area contributed by atoms with Crippen molar-refractivity contribution in [2.24, 2.45) is 5.73 Å². The molecule has 0 rings (SSSR count). The highest BCUT2D eigenvalue weighted by Crippen LogP contribution is 2.20. The van der Waals surface area contributed by atoms with Gasteiger partial charge in [0.1, 0.15) is 6.54 Å². The van der Waals surface area contributed by atoms with Gasteiger partial charge < -0.3 is 5.73 Å². The SMILES string of the molecule is CCC(CN)S(=O)(=O)N(CC)CC(F)(F)F. The molecule has 1 atom stereocenters. The van der Waals surface area contributed by atoms with Gasteiger partial charge in [0.15, 0.2) is 0 Å². The Hall–Kier alpha value is -0.340. The molecule has 0 fully saturated rings. The van der Waals surface area contributed by atoms with Gasteiger partial charge in [-0.1, -0.05) is 13.8 Å². The molecule has 16 heavy (non-hydrogen) atoms. The van der Waals surface area contributed by atoms with Gasteiger partial charge in [-0.3, -0.25) is 0 Å². The summed E-state index contributed by atoms with van der Waals surface area (Å²) in [4.78, 5) is 0. The second-order valence-electron chi connectivity index (χ2n) is 3.35. The number of alkyl halides is 3. The first-order chi connectivity index (χ1) is 7.19. The van der Waals surface area contributed by atoms with Gasteiger partial charge in [0.25, 0.3) is 0 Å². The van der Waals surface area contributed by atoms with E-state index in [1.165, 1.54) is 6.92 Å². The molecular weight excluding hydrogens is 245 g/mol. The fraction of sp³-hybridized carbons (Fsp3) is 1.00. The molecule has 0 saturated carbocycles. The van der Waals surface area contributed by atoms with Crippen molar-refractivity contribution in [1.29, 1.82) is 0 Å². The zero-order valence-electron chi connectivity index (χ0n) is 9.29. The molecule has 0 saturated heterocycles. The number of nitrogens with zero attached hydrogens (tertiary/aromatic N) is 1. The fourth-order valence-electron chi connectivity index (χ4n) is 1.29. The minimum Gasteiger partial charge on any atom is -0.329 e. The molecule has 1 unspecified atom stereocenters. The molecule has 8 heteroatoms. The van der Waals surface area contributed by atoms with Gasteiger partial charge in [0.2, 0.25) is 10.0 Å². The molecule has 0 aliphatic rings. The van der Waals surface area contributed by atoms with Crippen LogP contribution in [0.5, 0.6) is 0 Å². The Labute approximate surface area is 93.7 Å². The summed E-state index contributed by atoms with van der Waals surface area (Å²) in [5.41, 5.74) is 5.24. The summed E-state index contributed by atoms with van der Waals surface area (Å²) in [6.45, 7) is 1.11. The molecule has 0 aromatic carbocycles. The molecule has 4 nitrogen and oxygen atoms in total. The molecule has 0 amide bonds. The molecule has 0 aromatic heterocycles. The van der Waals surface area contributed by atoms with E-state index in [4.69, 9.17) is 5.73 Å². The smallest absolute Gasteiger partial charge is 0.329 e. The third-order valence-electron chi connectivity index (χ3n) is 2.21. The first-order valence-electron chi connectivity index (χ1n) is 4.94. The summed E-state index contributed by atoms with van der Waals surface area (Å²) >= 11 is 0. The van der Waals surface area contributed by atoms with Gasteiger partial charge in [-0.05, 0) is 6.42 Å². The van der Waals surface area contributed by atoms with Crippen LogP contribution in [0.1, 0.15) is 20.3 Å². The Morgan fingerprint density at radius 3 is 2.06 bits per heavy atom. The number of halogens is 3. The maximum Gasteiger partial charge on any atom is 0.402 e. The highest BCUT2D eigenvalue weighted by Gasteiger charge is 2.38. The summed E-state index contributed by atoms with van der Waals surface area (Å²) in [5, 5.41) is -0.949. The van der Waals surface area contributed by atoms with Crippen LogP contribution in [0.25, 0.3) is 0 Å². The van der Waals surface area contributed by atoms with E-state index in [0.717, 1.165) is 0 Å². The van der Waals surface area contributed by atoms with Gasteiger partial charge in [-0.15, -0.1) is 0 Å². The third-order valence-corrected chi connectivity index (χ3v) is 4.68. The van der Waals surface area contributed by atoms with Gasteiger partial charge >= 0.3 is 6.18 Å². The van der Waals surface area contributed by atoms with E-state index in [-0.39, 0.29) is 19.5 Å². The van der Waals surface area contributed by atoms with Crippen molar-refractivity contribution < 1.29 is 21.6 Å². The van der Waals surface area contributed by atoms with Crippen molar-refractivity contribution in [1.82, 2.24) is 4.31 Å². The minimum atomic E-state index is -4.53. The predicted molar refractivity (Wildman–Crippen MR) is 55.4 cm³/mol. The maximum absolute atomic E-state index is 12.2. The van der Waals surface area contributed by atoms with Crippen molar-refractivity contribution in [3.63, 3.8) is 0 Å². The Balaban J connectivity index is 4.94. The number of nitrogens with two attached hydrogens (primary N) is 1. The van der Waals surface area contributed by atoms with E-state index in [9.17, 15) is 21.6 Å². The summed E-state index contributed by atoms with van der Waals surface area (Å²) in [7, 11) is -3.96. The normalized spacial score (nSPS) is 15.4. The van der Waals surface area contributed by atoms with Crippen LogP contribution >= 0.6 is 0 Å². The van der Waals surface area contributed by atoms with E-state index in [1.807, 2.05) is 0 Å². The first kappa shape index (κ1) is 15.7. The van der Waals surface area contributed by atoms with E-state index < -0.39 is 28.0 Å². The van der Waals surface area contributed by atoms with Crippen molar-refractivity contribution >= 4 is 10.0 Å². The van der Waals surface area contributed by atoms with Gasteiger partial charge in [-0.2, -0.15) is 17.5 Å². The Morgan fingerprint density at radius 2 is 1.81 bits per heavy atom. The van der Waals surface area contributed by atoms with Crippen molar-refractivity contribution in [3.05, 3.63) is 0 Å². The van der Waals surface area contributed by atoms with E-state index in [2.05, 4.69) is 0 Å². The molecular formula is C8H17F3N2O2S. The van der Waals surface area contributed by atoms with Crippen LogP contribution in [0.15, 0.2) is 0 Å². The Bertz CT molecular complexity index is 299. The van der Waals surface area contributed by atoms with Crippen LogP contribution in [0.2, 0.25) is 0 Å². The molecule has 0 radical (unpaired) electrons. The van der Waals surface area contributed by atoms with Gasteiger partial charge in [-0.25, -0.2) is 8.42 Å². The lowest BCUT2D eigenvalue weighted by atomic mass is 10.3. The zero-order chi connectivity index (χ0) is 13.0.